The van der Waals surface area contributed by atoms with Crippen LogP contribution in [-0.2, 0) is 13.0 Å². The first-order valence-electron chi connectivity index (χ1n) is 6.24. The van der Waals surface area contributed by atoms with Crippen LogP contribution in [0.3, 0.4) is 0 Å². The van der Waals surface area contributed by atoms with Crippen LogP contribution in [0.1, 0.15) is 16.8 Å². The van der Waals surface area contributed by atoms with E-state index in [9.17, 15) is 0 Å². The number of nitrogens with one attached hydrogen (secondary N) is 1. The van der Waals surface area contributed by atoms with E-state index in [2.05, 4.69) is 27.2 Å². The lowest BCUT2D eigenvalue weighted by molar-refractivity contribution is 1.07. The average molecular weight is 270 g/mol. The first kappa shape index (κ1) is 12.0. The van der Waals surface area contributed by atoms with Gasteiger partial charge in [0, 0.05) is 11.1 Å². The van der Waals surface area contributed by atoms with Gasteiger partial charge in [-0.25, -0.2) is 9.97 Å². The van der Waals surface area contributed by atoms with Crippen molar-refractivity contribution >= 4 is 28.2 Å². The summed E-state index contributed by atoms with van der Waals surface area (Å²) in [5.74, 6) is 0.784. The van der Waals surface area contributed by atoms with Gasteiger partial charge in [0.25, 0.3) is 0 Å². The molecule has 0 aliphatic carbocycles. The van der Waals surface area contributed by atoms with Crippen molar-refractivity contribution in [2.24, 2.45) is 0 Å². The van der Waals surface area contributed by atoms with E-state index in [0.29, 0.717) is 6.54 Å². The fourth-order valence-corrected chi connectivity index (χ4v) is 2.60. The molecule has 2 aromatic heterocycles. The smallest absolute Gasteiger partial charge is 0.145 e. The molecule has 0 saturated carbocycles. The number of anilines is 1. The first-order valence-corrected chi connectivity index (χ1v) is 7.06. The van der Waals surface area contributed by atoms with E-state index in [1.54, 1.807) is 17.5 Å². The van der Waals surface area contributed by atoms with Crippen LogP contribution in [0.4, 0.5) is 5.82 Å². The molecule has 0 aliphatic rings. The van der Waals surface area contributed by atoms with Crippen LogP contribution in [-0.4, -0.2) is 15.0 Å². The Bertz CT molecular complexity index is 692. The van der Waals surface area contributed by atoms with Crippen molar-refractivity contribution in [3.63, 3.8) is 0 Å². The quantitative estimate of drug-likeness (QED) is 0.790. The Morgan fingerprint density at radius 2 is 1.95 bits per heavy atom. The molecule has 1 aromatic carbocycles. The van der Waals surface area contributed by atoms with Crippen molar-refractivity contribution < 1.29 is 0 Å². The van der Waals surface area contributed by atoms with Crippen LogP contribution in [0, 0.1) is 0 Å². The number of nitrogens with zero attached hydrogens (tertiary/aromatic N) is 3. The lowest BCUT2D eigenvalue weighted by Gasteiger charge is -2.04. The number of aromatic nitrogens is 3. The van der Waals surface area contributed by atoms with Crippen LogP contribution in [0.5, 0.6) is 0 Å². The maximum Gasteiger partial charge on any atom is 0.145 e. The van der Waals surface area contributed by atoms with E-state index in [1.807, 2.05) is 30.5 Å². The van der Waals surface area contributed by atoms with Gasteiger partial charge >= 0.3 is 0 Å². The zero-order valence-corrected chi connectivity index (χ0v) is 11.4. The minimum atomic E-state index is 0.692. The number of rotatable bonds is 4. The molecule has 3 rings (SSSR count). The van der Waals surface area contributed by atoms with E-state index in [4.69, 9.17) is 0 Å². The standard InChI is InChI=1S/C14H14N4S/c1-2-10-7-17-14(19-10)9-16-13-8-15-11-5-3-4-6-12(11)18-13/h3-8H,2,9H2,1H3,(H,16,18). The molecule has 5 heteroatoms. The third-order valence-electron chi connectivity index (χ3n) is 2.82. The van der Waals surface area contributed by atoms with Crippen LogP contribution >= 0.6 is 11.3 Å². The van der Waals surface area contributed by atoms with Gasteiger partial charge in [0.1, 0.15) is 10.8 Å². The summed E-state index contributed by atoms with van der Waals surface area (Å²) in [6, 6.07) is 7.85. The molecule has 0 spiro atoms. The summed E-state index contributed by atoms with van der Waals surface area (Å²) in [5.41, 5.74) is 1.82. The lowest BCUT2D eigenvalue weighted by Crippen LogP contribution is -2.01. The van der Waals surface area contributed by atoms with E-state index >= 15 is 0 Å². The highest BCUT2D eigenvalue weighted by Crippen LogP contribution is 2.16. The second kappa shape index (κ2) is 5.32. The normalized spacial score (nSPS) is 10.8. The van der Waals surface area contributed by atoms with Crippen molar-refractivity contribution in [1.82, 2.24) is 15.0 Å². The Hall–Kier alpha value is -2.01. The number of benzene rings is 1. The molecule has 4 nitrogen and oxygen atoms in total. The largest absolute Gasteiger partial charge is 0.362 e. The van der Waals surface area contributed by atoms with Gasteiger partial charge in [0.2, 0.25) is 0 Å². The highest BCUT2D eigenvalue weighted by molar-refractivity contribution is 7.11. The average Bonchev–Trinajstić information content (AvgIpc) is 2.93. The molecule has 0 unspecified atom stereocenters. The van der Waals surface area contributed by atoms with Crippen LogP contribution in [0.2, 0.25) is 0 Å². The predicted octanol–water partition coefficient (Wildman–Crippen LogP) is 3.26. The highest BCUT2D eigenvalue weighted by atomic mass is 32.1. The molecule has 0 amide bonds. The Morgan fingerprint density at radius 3 is 2.74 bits per heavy atom. The zero-order valence-electron chi connectivity index (χ0n) is 10.6. The summed E-state index contributed by atoms with van der Waals surface area (Å²) < 4.78 is 0. The second-order valence-electron chi connectivity index (χ2n) is 4.17. The van der Waals surface area contributed by atoms with Crippen molar-refractivity contribution in [3.8, 4) is 0 Å². The van der Waals surface area contributed by atoms with Gasteiger partial charge in [0.15, 0.2) is 0 Å². The van der Waals surface area contributed by atoms with Crippen molar-refractivity contribution in [1.29, 1.82) is 0 Å². The molecule has 0 atom stereocenters. The molecular formula is C14H14N4S. The number of aryl methyl sites for hydroxylation is 1. The van der Waals surface area contributed by atoms with Gasteiger partial charge in [-0.1, -0.05) is 19.1 Å². The Balaban J connectivity index is 1.74. The summed E-state index contributed by atoms with van der Waals surface area (Å²) in [5, 5.41) is 4.34. The Kier molecular flexibility index (Phi) is 3.37. The van der Waals surface area contributed by atoms with Gasteiger partial charge in [-0.05, 0) is 18.6 Å². The van der Waals surface area contributed by atoms with E-state index in [-0.39, 0.29) is 0 Å². The predicted molar refractivity (Wildman–Crippen MR) is 78.4 cm³/mol. The van der Waals surface area contributed by atoms with Gasteiger partial charge in [-0.2, -0.15) is 0 Å². The highest BCUT2D eigenvalue weighted by Gasteiger charge is 2.02. The summed E-state index contributed by atoms with van der Waals surface area (Å²) in [4.78, 5) is 14.6. The van der Waals surface area contributed by atoms with E-state index < -0.39 is 0 Å². The summed E-state index contributed by atoms with van der Waals surface area (Å²) in [6.45, 7) is 2.83. The SMILES string of the molecule is CCc1cnc(CNc2cnc3ccccc3n2)s1. The van der Waals surface area contributed by atoms with E-state index in [0.717, 1.165) is 28.3 Å². The maximum atomic E-state index is 4.52. The van der Waals surface area contributed by atoms with Crippen LogP contribution in [0.25, 0.3) is 11.0 Å². The summed E-state index contributed by atoms with van der Waals surface area (Å²) >= 11 is 1.73. The molecule has 0 aliphatic heterocycles. The van der Waals surface area contributed by atoms with Gasteiger partial charge in [-0.3, -0.25) is 4.98 Å². The Labute approximate surface area is 115 Å². The molecule has 3 aromatic rings. The zero-order chi connectivity index (χ0) is 13.1. The number of para-hydroxylation sites is 2. The van der Waals surface area contributed by atoms with Gasteiger partial charge in [-0.15, -0.1) is 11.3 Å². The molecule has 96 valence electrons. The fourth-order valence-electron chi connectivity index (χ4n) is 1.80. The molecular weight excluding hydrogens is 256 g/mol. The van der Waals surface area contributed by atoms with Crippen molar-refractivity contribution in [2.45, 2.75) is 19.9 Å². The first-order chi connectivity index (χ1) is 9.35. The molecule has 19 heavy (non-hydrogen) atoms. The fraction of sp³-hybridized carbons (Fsp3) is 0.214. The van der Waals surface area contributed by atoms with Gasteiger partial charge < -0.3 is 5.32 Å². The molecule has 0 saturated heterocycles. The van der Waals surface area contributed by atoms with Gasteiger partial charge in [0.05, 0.1) is 23.8 Å². The van der Waals surface area contributed by atoms with Crippen LogP contribution < -0.4 is 5.32 Å². The summed E-state index contributed by atoms with van der Waals surface area (Å²) in [6.07, 6.45) is 4.73. The number of thiazole rings is 1. The molecule has 1 N–H and O–H groups in total. The molecule has 0 bridgehead atoms. The van der Waals surface area contributed by atoms with Crippen molar-refractivity contribution in [2.75, 3.05) is 5.32 Å². The molecule has 0 radical (unpaired) electrons. The second-order valence-corrected chi connectivity index (χ2v) is 5.37. The van der Waals surface area contributed by atoms with Crippen molar-refractivity contribution in [3.05, 3.63) is 46.5 Å². The number of fused-ring (bicyclic) bond motifs is 1. The maximum absolute atomic E-state index is 4.52. The van der Waals surface area contributed by atoms with Crippen LogP contribution in [0.15, 0.2) is 36.7 Å². The third kappa shape index (κ3) is 2.71. The third-order valence-corrected chi connectivity index (χ3v) is 3.96. The monoisotopic (exact) mass is 270 g/mol. The number of hydrogen-bond acceptors (Lipinski definition) is 5. The topological polar surface area (TPSA) is 50.7 Å². The van der Waals surface area contributed by atoms with E-state index in [1.165, 1.54) is 4.88 Å². The minimum Gasteiger partial charge on any atom is -0.362 e. The number of hydrogen-bond donors (Lipinski definition) is 1. The summed E-state index contributed by atoms with van der Waals surface area (Å²) in [7, 11) is 0. The molecule has 0 fully saturated rings. The lowest BCUT2D eigenvalue weighted by atomic mass is 10.3. The Morgan fingerprint density at radius 1 is 1.11 bits per heavy atom. The minimum absolute atomic E-state index is 0.692. The molecule has 2 heterocycles.